The minimum Gasteiger partial charge on any atom is -0.333 e. The highest BCUT2D eigenvalue weighted by atomic mass is 32.1. The minimum absolute atomic E-state index is 0.467. The third-order valence-electron chi connectivity index (χ3n) is 2.03. The van der Waals surface area contributed by atoms with Crippen molar-refractivity contribution in [2.75, 3.05) is 5.32 Å². The highest BCUT2D eigenvalue weighted by Gasteiger charge is 2.04. The normalized spacial score (nSPS) is 9.88. The molecule has 0 saturated heterocycles. The summed E-state index contributed by atoms with van der Waals surface area (Å²) in [6.07, 6.45) is 1.60. The highest BCUT2D eigenvalue weighted by molar-refractivity contribution is 7.80. The largest absolute Gasteiger partial charge is 0.333 e. The standard InChI is InChI=1S/C12H11N3S2/c1-3-8(2)13-11(16)15-12-14-9-6-4-5-7-10(9)17-12/h3-7H,1-2H2,(H2,13,14,15,16). The van der Waals surface area contributed by atoms with Crippen molar-refractivity contribution in [1.29, 1.82) is 0 Å². The molecule has 0 atom stereocenters. The van der Waals surface area contributed by atoms with Gasteiger partial charge in [0.1, 0.15) is 0 Å². The second-order valence-corrected chi connectivity index (χ2v) is 4.73. The van der Waals surface area contributed by atoms with E-state index in [0.717, 1.165) is 15.3 Å². The Balaban J connectivity index is 2.10. The zero-order valence-corrected chi connectivity index (χ0v) is 10.7. The summed E-state index contributed by atoms with van der Waals surface area (Å²) in [7, 11) is 0. The SMILES string of the molecule is C=CC(=C)NC(=S)Nc1nc2ccccc2s1. The number of nitrogens with zero attached hydrogens (tertiary/aromatic N) is 1. The molecule has 86 valence electrons. The molecule has 0 unspecified atom stereocenters. The Morgan fingerprint density at radius 3 is 2.88 bits per heavy atom. The van der Waals surface area contributed by atoms with Crippen LogP contribution >= 0.6 is 23.6 Å². The monoisotopic (exact) mass is 261 g/mol. The van der Waals surface area contributed by atoms with E-state index >= 15 is 0 Å². The van der Waals surface area contributed by atoms with E-state index in [1.807, 2.05) is 24.3 Å². The molecule has 0 fully saturated rings. The average Bonchev–Trinajstić information content (AvgIpc) is 2.70. The number of rotatable bonds is 3. The smallest absolute Gasteiger partial charge is 0.190 e. The minimum atomic E-state index is 0.467. The molecular formula is C12H11N3S2. The molecule has 1 aromatic carbocycles. The van der Waals surface area contributed by atoms with Crippen LogP contribution in [0.5, 0.6) is 0 Å². The van der Waals surface area contributed by atoms with E-state index in [-0.39, 0.29) is 0 Å². The molecule has 5 heteroatoms. The Hall–Kier alpha value is -1.72. The van der Waals surface area contributed by atoms with Gasteiger partial charge in [-0.1, -0.05) is 36.6 Å². The first-order valence-electron chi connectivity index (χ1n) is 4.94. The van der Waals surface area contributed by atoms with Gasteiger partial charge in [-0.3, -0.25) is 0 Å². The van der Waals surface area contributed by atoms with Crippen LogP contribution in [0.2, 0.25) is 0 Å². The summed E-state index contributed by atoms with van der Waals surface area (Å²) in [6, 6.07) is 7.94. The highest BCUT2D eigenvalue weighted by Crippen LogP contribution is 2.25. The molecule has 0 spiro atoms. The number of hydrogen-bond acceptors (Lipinski definition) is 3. The number of hydrogen-bond donors (Lipinski definition) is 2. The van der Waals surface area contributed by atoms with E-state index in [2.05, 4.69) is 28.8 Å². The maximum absolute atomic E-state index is 5.12. The molecular weight excluding hydrogens is 250 g/mol. The molecule has 17 heavy (non-hydrogen) atoms. The number of anilines is 1. The van der Waals surface area contributed by atoms with Gasteiger partial charge in [0.2, 0.25) is 0 Å². The van der Waals surface area contributed by atoms with Gasteiger partial charge in [0.15, 0.2) is 10.2 Å². The molecule has 0 aliphatic heterocycles. The number of benzene rings is 1. The van der Waals surface area contributed by atoms with Crippen LogP contribution in [0.15, 0.2) is 49.2 Å². The fraction of sp³-hybridized carbons (Fsp3) is 0. The second kappa shape index (κ2) is 5.07. The Kier molecular flexibility index (Phi) is 3.51. The van der Waals surface area contributed by atoms with E-state index in [9.17, 15) is 0 Å². The van der Waals surface area contributed by atoms with Gasteiger partial charge in [-0.15, -0.1) is 0 Å². The lowest BCUT2D eigenvalue weighted by Crippen LogP contribution is -2.26. The Morgan fingerprint density at radius 2 is 2.18 bits per heavy atom. The van der Waals surface area contributed by atoms with Crippen LogP contribution in [0.3, 0.4) is 0 Å². The number of thiocarbonyl (C=S) groups is 1. The summed E-state index contributed by atoms with van der Waals surface area (Å²) >= 11 is 6.67. The first-order valence-corrected chi connectivity index (χ1v) is 6.16. The summed E-state index contributed by atoms with van der Waals surface area (Å²) < 4.78 is 1.13. The lowest BCUT2D eigenvalue weighted by Gasteiger charge is -2.06. The van der Waals surface area contributed by atoms with Crippen molar-refractivity contribution in [2.45, 2.75) is 0 Å². The van der Waals surface area contributed by atoms with E-state index in [0.29, 0.717) is 10.8 Å². The van der Waals surface area contributed by atoms with Gasteiger partial charge in [0.25, 0.3) is 0 Å². The summed E-state index contributed by atoms with van der Waals surface area (Å²) in [5.74, 6) is 0. The van der Waals surface area contributed by atoms with Crippen molar-refractivity contribution < 1.29 is 0 Å². The van der Waals surface area contributed by atoms with Gasteiger partial charge in [0.05, 0.1) is 10.2 Å². The van der Waals surface area contributed by atoms with Crippen LogP contribution in [0.4, 0.5) is 5.13 Å². The molecule has 0 aliphatic rings. The lowest BCUT2D eigenvalue weighted by atomic mass is 10.3. The molecule has 2 N–H and O–H groups in total. The van der Waals surface area contributed by atoms with Crippen LogP contribution in [-0.4, -0.2) is 10.1 Å². The summed E-state index contributed by atoms with van der Waals surface area (Å²) in [5, 5.41) is 7.14. The van der Waals surface area contributed by atoms with Gasteiger partial charge in [0, 0.05) is 5.70 Å². The fourth-order valence-electron chi connectivity index (χ4n) is 1.25. The lowest BCUT2D eigenvalue weighted by molar-refractivity contribution is 1.21. The molecule has 0 radical (unpaired) electrons. The predicted octanol–water partition coefficient (Wildman–Crippen LogP) is 3.28. The summed E-state index contributed by atoms with van der Waals surface area (Å²) in [4.78, 5) is 4.41. The molecule has 2 aromatic rings. The molecule has 0 aliphatic carbocycles. The van der Waals surface area contributed by atoms with Gasteiger partial charge >= 0.3 is 0 Å². The Morgan fingerprint density at radius 1 is 1.41 bits per heavy atom. The first-order chi connectivity index (χ1) is 8.19. The number of para-hydroxylation sites is 1. The Labute approximate surface area is 109 Å². The van der Waals surface area contributed by atoms with Crippen LogP contribution in [0, 0.1) is 0 Å². The fourth-order valence-corrected chi connectivity index (χ4v) is 2.41. The predicted molar refractivity (Wildman–Crippen MR) is 78.3 cm³/mol. The molecule has 1 aromatic heterocycles. The van der Waals surface area contributed by atoms with Crippen molar-refractivity contribution in [2.24, 2.45) is 0 Å². The number of allylic oxidation sites excluding steroid dienone is 1. The maximum atomic E-state index is 5.12. The second-order valence-electron chi connectivity index (χ2n) is 3.30. The third-order valence-corrected chi connectivity index (χ3v) is 3.19. The van der Waals surface area contributed by atoms with E-state index in [1.54, 1.807) is 17.4 Å². The average molecular weight is 261 g/mol. The molecule has 0 amide bonds. The van der Waals surface area contributed by atoms with E-state index in [4.69, 9.17) is 12.2 Å². The van der Waals surface area contributed by atoms with Crippen LogP contribution < -0.4 is 10.6 Å². The topological polar surface area (TPSA) is 37.0 Å². The van der Waals surface area contributed by atoms with Gasteiger partial charge in [-0.05, 0) is 30.4 Å². The van der Waals surface area contributed by atoms with Crippen molar-refractivity contribution in [3.63, 3.8) is 0 Å². The Bertz CT molecular complexity index is 553. The number of nitrogens with one attached hydrogen (secondary N) is 2. The maximum Gasteiger partial charge on any atom is 0.190 e. The van der Waals surface area contributed by atoms with Crippen molar-refractivity contribution in [3.8, 4) is 0 Å². The molecule has 1 heterocycles. The summed E-state index contributed by atoms with van der Waals surface area (Å²) in [5.41, 5.74) is 1.62. The van der Waals surface area contributed by atoms with Crippen LogP contribution in [0.1, 0.15) is 0 Å². The van der Waals surface area contributed by atoms with Crippen molar-refractivity contribution in [3.05, 3.63) is 49.2 Å². The van der Waals surface area contributed by atoms with Crippen molar-refractivity contribution in [1.82, 2.24) is 10.3 Å². The summed E-state index contributed by atoms with van der Waals surface area (Å²) in [6.45, 7) is 7.32. The zero-order valence-electron chi connectivity index (χ0n) is 9.06. The zero-order chi connectivity index (χ0) is 12.3. The van der Waals surface area contributed by atoms with Crippen LogP contribution in [0.25, 0.3) is 10.2 Å². The van der Waals surface area contributed by atoms with Gasteiger partial charge in [-0.2, -0.15) is 0 Å². The van der Waals surface area contributed by atoms with Crippen LogP contribution in [-0.2, 0) is 0 Å². The van der Waals surface area contributed by atoms with Gasteiger partial charge in [-0.25, -0.2) is 4.98 Å². The first kappa shape index (κ1) is 11.8. The number of aromatic nitrogens is 1. The molecule has 3 nitrogen and oxygen atoms in total. The molecule has 0 bridgehead atoms. The van der Waals surface area contributed by atoms with E-state index < -0.39 is 0 Å². The number of thiazole rings is 1. The van der Waals surface area contributed by atoms with Crippen molar-refractivity contribution >= 4 is 44.0 Å². The number of fused-ring (bicyclic) bond motifs is 1. The van der Waals surface area contributed by atoms with Gasteiger partial charge < -0.3 is 10.6 Å². The molecule has 2 rings (SSSR count). The quantitative estimate of drug-likeness (QED) is 0.657. The van der Waals surface area contributed by atoms with E-state index in [1.165, 1.54) is 0 Å². The third kappa shape index (κ3) is 2.89. The molecule has 0 saturated carbocycles.